The quantitative estimate of drug-likeness (QED) is 0.555. The van der Waals surface area contributed by atoms with Crippen molar-refractivity contribution in [1.82, 2.24) is 14.8 Å². The number of hydrogen-bond acceptors (Lipinski definition) is 5. The van der Waals surface area contributed by atoms with E-state index < -0.39 is 0 Å². The molecule has 0 bridgehead atoms. The number of thiophene rings is 1. The summed E-state index contributed by atoms with van der Waals surface area (Å²) in [4.78, 5) is 22.8. The summed E-state index contributed by atoms with van der Waals surface area (Å²) in [7, 11) is 0. The van der Waals surface area contributed by atoms with E-state index in [0.717, 1.165) is 53.5 Å². The monoisotopic (exact) mass is 461 g/mol. The van der Waals surface area contributed by atoms with Crippen LogP contribution in [0.25, 0.3) is 9.88 Å². The largest absolute Gasteiger partial charge is 0.335 e. The van der Waals surface area contributed by atoms with Crippen molar-refractivity contribution >= 4 is 44.5 Å². The van der Waals surface area contributed by atoms with E-state index in [1.54, 1.807) is 11.3 Å². The molecule has 4 nitrogen and oxygen atoms in total. The number of carbonyl (C=O) groups is 1. The maximum atomic E-state index is 12.8. The van der Waals surface area contributed by atoms with Crippen molar-refractivity contribution in [2.75, 3.05) is 32.7 Å². The van der Waals surface area contributed by atoms with Crippen LogP contribution in [0.3, 0.4) is 0 Å². The minimum absolute atomic E-state index is 0.0517. The Hall–Kier alpha value is -1.54. The molecule has 3 aromatic rings. The Morgan fingerprint density at radius 1 is 1.07 bits per heavy atom. The normalized spacial score (nSPS) is 15.2. The fraction of sp³-hybridized carbons (Fsp3) is 0.300. The van der Waals surface area contributed by atoms with Crippen molar-refractivity contribution in [2.45, 2.75) is 6.42 Å². The maximum absolute atomic E-state index is 12.8. The second kappa shape index (κ2) is 8.65. The first kappa shape index (κ1) is 18.8. The molecule has 7 heteroatoms. The van der Waals surface area contributed by atoms with Gasteiger partial charge in [0, 0.05) is 48.0 Å². The van der Waals surface area contributed by atoms with Crippen LogP contribution in [0.4, 0.5) is 0 Å². The highest BCUT2D eigenvalue weighted by Gasteiger charge is 2.24. The molecule has 0 saturated carbocycles. The van der Waals surface area contributed by atoms with Gasteiger partial charge in [-0.25, -0.2) is 4.98 Å². The molecule has 0 radical (unpaired) electrons. The fourth-order valence-electron chi connectivity index (χ4n) is 3.18. The van der Waals surface area contributed by atoms with Crippen molar-refractivity contribution in [2.24, 2.45) is 0 Å². The second-order valence-corrected chi connectivity index (χ2v) is 9.22. The van der Waals surface area contributed by atoms with Crippen LogP contribution in [0, 0.1) is 0 Å². The maximum Gasteiger partial charge on any atom is 0.273 e. The van der Waals surface area contributed by atoms with Crippen LogP contribution in [0.15, 0.2) is 51.6 Å². The van der Waals surface area contributed by atoms with Gasteiger partial charge in [-0.2, -0.15) is 0 Å². The molecule has 1 saturated heterocycles. The summed E-state index contributed by atoms with van der Waals surface area (Å²) in [6.45, 7) is 4.43. The van der Waals surface area contributed by atoms with Crippen LogP contribution >= 0.6 is 38.6 Å². The van der Waals surface area contributed by atoms with Gasteiger partial charge in [0.2, 0.25) is 0 Å². The number of thiazole rings is 1. The average Bonchev–Trinajstić information content (AvgIpc) is 3.36. The lowest BCUT2D eigenvalue weighted by molar-refractivity contribution is 0.0633. The Balaban J connectivity index is 1.30. The van der Waals surface area contributed by atoms with E-state index in [1.807, 2.05) is 21.7 Å². The van der Waals surface area contributed by atoms with Gasteiger partial charge < -0.3 is 4.90 Å². The van der Waals surface area contributed by atoms with Crippen molar-refractivity contribution in [3.05, 3.63) is 62.9 Å². The molecule has 0 N–H and O–H groups in total. The number of carbonyl (C=O) groups excluding carboxylic acids is 1. The molecule has 0 unspecified atom stereocenters. The summed E-state index contributed by atoms with van der Waals surface area (Å²) in [6, 6.07) is 12.6. The average molecular weight is 462 g/mol. The molecule has 1 fully saturated rings. The van der Waals surface area contributed by atoms with Crippen molar-refractivity contribution in [1.29, 1.82) is 0 Å². The molecule has 4 rings (SSSR count). The number of piperazine rings is 1. The summed E-state index contributed by atoms with van der Waals surface area (Å²) < 4.78 is 1.05. The van der Waals surface area contributed by atoms with Crippen LogP contribution < -0.4 is 0 Å². The fourth-order valence-corrected chi connectivity index (χ4v) is 5.48. The predicted molar refractivity (Wildman–Crippen MR) is 116 cm³/mol. The number of nitrogens with zero attached hydrogens (tertiary/aromatic N) is 3. The van der Waals surface area contributed by atoms with Crippen LogP contribution in [-0.4, -0.2) is 53.4 Å². The molecule has 3 heterocycles. The summed E-state index contributed by atoms with van der Waals surface area (Å²) in [6.07, 6.45) is 1.06. The Morgan fingerprint density at radius 2 is 1.85 bits per heavy atom. The Morgan fingerprint density at radius 3 is 2.56 bits per heavy atom. The highest BCUT2D eigenvalue weighted by molar-refractivity contribution is 9.10. The molecule has 1 aliphatic heterocycles. The Kier molecular flexibility index (Phi) is 6.02. The first-order valence-corrected chi connectivity index (χ1v) is 11.5. The smallest absolute Gasteiger partial charge is 0.273 e. The first-order chi connectivity index (χ1) is 13.2. The molecule has 0 spiro atoms. The highest BCUT2D eigenvalue weighted by Crippen LogP contribution is 2.32. The zero-order chi connectivity index (χ0) is 18.6. The molecular weight excluding hydrogens is 442 g/mol. The summed E-state index contributed by atoms with van der Waals surface area (Å²) >= 11 is 6.64. The number of amides is 1. The van der Waals surface area contributed by atoms with Gasteiger partial charge in [-0.05, 0) is 34.0 Å². The standard InChI is InChI=1S/C20H20BrN3OS2/c21-16-12-18(26-13-16)19-22-17(14-27-19)20(25)24-10-8-23(9-11-24)7-6-15-4-2-1-3-5-15/h1-5,12-14H,6-11H2. The van der Waals surface area contributed by atoms with E-state index in [2.05, 4.69) is 56.1 Å². The van der Waals surface area contributed by atoms with Crippen LogP contribution in [0.1, 0.15) is 16.1 Å². The molecule has 0 aliphatic carbocycles. The van der Waals surface area contributed by atoms with Gasteiger partial charge in [-0.3, -0.25) is 9.69 Å². The van der Waals surface area contributed by atoms with Gasteiger partial charge in [-0.1, -0.05) is 30.3 Å². The van der Waals surface area contributed by atoms with Gasteiger partial charge in [-0.15, -0.1) is 22.7 Å². The number of hydrogen-bond donors (Lipinski definition) is 0. The van der Waals surface area contributed by atoms with Crippen LogP contribution in [-0.2, 0) is 6.42 Å². The van der Waals surface area contributed by atoms with E-state index in [9.17, 15) is 4.79 Å². The molecular formula is C20H20BrN3OS2. The number of halogens is 1. The van der Waals surface area contributed by atoms with Crippen molar-refractivity contribution in [3.63, 3.8) is 0 Å². The lowest BCUT2D eigenvalue weighted by Gasteiger charge is -2.34. The lowest BCUT2D eigenvalue weighted by Crippen LogP contribution is -2.49. The third-order valence-corrected chi connectivity index (χ3v) is 7.42. The van der Waals surface area contributed by atoms with Gasteiger partial charge >= 0.3 is 0 Å². The van der Waals surface area contributed by atoms with Gasteiger partial charge in [0.1, 0.15) is 10.7 Å². The van der Waals surface area contributed by atoms with E-state index in [1.165, 1.54) is 16.9 Å². The molecule has 2 aromatic heterocycles. The third-order valence-electron chi connectivity index (χ3n) is 4.72. The zero-order valence-electron chi connectivity index (χ0n) is 14.8. The molecule has 1 aromatic carbocycles. The van der Waals surface area contributed by atoms with Crippen LogP contribution in [0.2, 0.25) is 0 Å². The summed E-state index contributed by atoms with van der Waals surface area (Å²) in [5, 5.41) is 4.83. The van der Waals surface area contributed by atoms with Crippen LogP contribution in [0.5, 0.6) is 0 Å². The Bertz CT molecular complexity index is 901. The minimum Gasteiger partial charge on any atom is -0.335 e. The number of benzene rings is 1. The van der Waals surface area contributed by atoms with Crippen molar-refractivity contribution < 1.29 is 4.79 Å². The topological polar surface area (TPSA) is 36.4 Å². The number of aromatic nitrogens is 1. The predicted octanol–water partition coefficient (Wildman–Crippen LogP) is 4.63. The molecule has 1 amide bonds. The minimum atomic E-state index is 0.0517. The van der Waals surface area contributed by atoms with E-state index in [-0.39, 0.29) is 5.91 Å². The Labute approximate surface area is 175 Å². The summed E-state index contributed by atoms with van der Waals surface area (Å²) in [5.74, 6) is 0.0517. The first-order valence-electron chi connectivity index (χ1n) is 8.94. The summed E-state index contributed by atoms with van der Waals surface area (Å²) in [5.41, 5.74) is 1.93. The van der Waals surface area contributed by atoms with Gasteiger partial charge in [0.15, 0.2) is 0 Å². The molecule has 140 valence electrons. The van der Waals surface area contributed by atoms with E-state index in [4.69, 9.17) is 0 Å². The highest BCUT2D eigenvalue weighted by atomic mass is 79.9. The van der Waals surface area contributed by atoms with E-state index >= 15 is 0 Å². The number of rotatable bonds is 5. The molecule has 0 atom stereocenters. The lowest BCUT2D eigenvalue weighted by atomic mass is 10.1. The van der Waals surface area contributed by atoms with Crippen molar-refractivity contribution in [3.8, 4) is 9.88 Å². The van der Waals surface area contributed by atoms with E-state index in [0.29, 0.717) is 5.69 Å². The molecule has 27 heavy (non-hydrogen) atoms. The SMILES string of the molecule is O=C(c1csc(-c2cc(Br)cs2)n1)N1CCN(CCc2ccccc2)CC1. The zero-order valence-corrected chi connectivity index (χ0v) is 18.0. The molecule has 1 aliphatic rings. The van der Waals surface area contributed by atoms with Gasteiger partial charge in [0.25, 0.3) is 5.91 Å². The van der Waals surface area contributed by atoms with Gasteiger partial charge in [0.05, 0.1) is 4.88 Å². The third kappa shape index (κ3) is 4.66. The second-order valence-electron chi connectivity index (χ2n) is 6.54.